The van der Waals surface area contributed by atoms with E-state index in [9.17, 15) is 0 Å². The summed E-state index contributed by atoms with van der Waals surface area (Å²) in [5.41, 5.74) is 0.959. The van der Waals surface area contributed by atoms with E-state index in [4.69, 9.17) is 9.47 Å². The zero-order valence-corrected chi connectivity index (χ0v) is 13.0. The van der Waals surface area contributed by atoms with Gasteiger partial charge >= 0.3 is 0 Å². The number of benzene rings is 1. The van der Waals surface area contributed by atoms with Gasteiger partial charge in [0.25, 0.3) is 0 Å². The molecule has 1 unspecified atom stereocenters. The van der Waals surface area contributed by atoms with Crippen molar-refractivity contribution in [3.63, 3.8) is 0 Å². The molecular formula is C16H27NO2. The van der Waals surface area contributed by atoms with E-state index in [1.165, 1.54) is 5.56 Å². The maximum atomic E-state index is 5.67. The molecule has 0 aliphatic carbocycles. The van der Waals surface area contributed by atoms with Crippen LogP contribution in [0.25, 0.3) is 0 Å². The van der Waals surface area contributed by atoms with Gasteiger partial charge in [-0.3, -0.25) is 0 Å². The van der Waals surface area contributed by atoms with Crippen LogP contribution in [-0.2, 0) is 4.74 Å². The van der Waals surface area contributed by atoms with Gasteiger partial charge in [-0.1, -0.05) is 19.1 Å². The van der Waals surface area contributed by atoms with Crippen LogP contribution >= 0.6 is 0 Å². The first-order valence-electron chi connectivity index (χ1n) is 6.95. The Hall–Kier alpha value is -1.06. The summed E-state index contributed by atoms with van der Waals surface area (Å²) in [5.74, 6) is 0.907. The minimum atomic E-state index is -0.254. The van der Waals surface area contributed by atoms with Gasteiger partial charge in [0.1, 0.15) is 5.75 Å². The number of methoxy groups -OCH3 is 1. The minimum absolute atomic E-state index is 0.163. The number of nitrogens with one attached hydrogen (secondary N) is 1. The fourth-order valence-electron chi connectivity index (χ4n) is 2.10. The lowest BCUT2D eigenvalue weighted by molar-refractivity contribution is -0.0107. The van der Waals surface area contributed by atoms with E-state index in [1.807, 2.05) is 26.0 Å². The lowest BCUT2D eigenvalue weighted by Gasteiger charge is -2.34. The Kier molecular flexibility index (Phi) is 5.83. The summed E-state index contributed by atoms with van der Waals surface area (Å²) in [5, 5.41) is 3.48. The second-order valence-electron chi connectivity index (χ2n) is 5.53. The van der Waals surface area contributed by atoms with Crippen LogP contribution in [0.3, 0.4) is 0 Å². The van der Waals surface area contributed by atoms with Crippen molar-refractivity contribution in [3.05, 3.63) is 29.8 Å². The van der Waals surface area contributed by atoms with Crippen LogP contribution in [0.2, 0.25) is 0 Å². The Bertz CT molecular complexity index is 371. The molecule has 0 radical (unpaired) electrons. The van der Waals surface area contributed by atoms with Gasteiger partial charge in [0.15, 0.2) is 0 Å². The summed E-state index contributed by atoms with van der Waals surface area (Å²) < 4.78 is 11.3. The number of ether oxygens (including phenoxy) is 2. The van der Waals surface area contributed by atoms with E-state index < -0.39 is 0 Å². The number of hydrogen-bond acceptors (Lipinski definition) is 3. The van der Waals surface area contributed by atoms with Crippen LogP contribution in [-0.4, -0.2) is 25.4 Å². The third kappa shape index (κ3) is 4.51. The maximum absolute atomic E-state index is 5.67. The lowest BCUT2D eigenvalue weighted by atomic mass is 9.91. The molecule has 1 aromatic carbocycles. The van der Waals surface area contributed by atoms with Gasteiger partial charge in [-0.05, 0) is 51.9 Å². The molecule has 3 nitrogen and oxygen atoms in total. The van der Waals surface area contributed by atoms with Gasteiger partial charge in [0, 0.05) is 7.11 Å². The molecule has 0 aliphatic rings. The molecule has 0 aliphatic heterocycles. The summed E-state index contributed by atoms with van der Waals surface area (Å²) in [7, 11) is 1.75. The highest BCUT2D eigenvalue weighted by Gasteiger charge is 2.29. The molecule has 1 rings (SSSR count). The lowest BCUT2D eigenvalue weighted by Crippen LogP contribution is -2.40. The molecule has 0 saturated heterocycles. The Labute approximate surface area is 117 Å². The predicted octanol–water partition coefficient (Wildman–Crippen LogP) is 3.55. The van der Waals surface area contributed by atoms with Crippen LogP contribution in [0.15, 0.2) is 24.3 Å². The molecule has 19 heavy (non-hydrogen) atoms. The Morgan fingerprint density at radius 3 is 2.16 bits per heavy atom. The van der Waals surface area contributed by atoms with Crippen LogP contribution in [0.5, 0.6) is 5.75 Å². The van der Waals surface area contributed by atoms with Gasteiger partial charge in [0.05, 0.1) is 17.7 Å². The Balaban J connectivity index is 2.91. The van der Waals surface area contributed by atoms with E-state index in [1.54, 1.807) is 7.11 Å². The van der Waals surface area contributed by atoms with Crippen molar-refractivity contribution in [1.29, 1.82) is 0 Å². The number of likely N-dealkylation sites (N-methyl/N-ethyl adjacent to an activating group) is 1. The van der Waals surface area contributed by atoms with E-state index >= 15 is 0 Å². The summed E-state index contributed by atoms with van der Waals surface area (Å²) in [6, 6.07) is 8.41. The highest BCUT2D eigenvalue weighted by atomic mass is 16.5. The van der Waals surface area contributed by atoms with Gasteiger partial charge in [-0.2, -0.15) is 0 Å². The van der Waals surface area contributed by atoms with Crippen molar-refractivity contribution in [3.8, 4) is 5.75 Å². The first-order valence-corrected chi connectivity index (χ1v) is 6.95. The fraction of sp³-hybridized carbons (Fsp3) is 0.625. The third-order valence-electron chi connectivity index (χ3n) is 3.21. The monoisotopic (exact) mass is 265 g/mol. The molecule has 1 aromatic rings. The standard InChI is InChI=1S/C16H27NO2/c1-7-17-15(16(4,5)18-6)13-8-10-14(11-9-13)19-12(2)3/h8-12,15,17H,7H2,1-6H3. The average molecular weight is 265 g/mol. The number of hydrogen-bond donors (Lipinski definition) is 1. The van der Waals surface area contributed by atoms with E-state index in [2.05, 4.69) is 38.2 Å². The highest BCUT2D eigenvalue weighted by molar-refractivity contribution is 5.30. The Morgan fingerprint density at radius 2 is 1.74 bits per heavy atom. The van der Waals surface area contributed by atoms with Crippen LogP contribution in [0, 0.1) is 0 Å². The van der Waals surface area contributed by atoms with Crippen molar-refractivity contribution < 1.29 is 9.47 Å². The van der Waals surface area contributed by atoms with E-state index in [0.29, 0.717) is 0 Å². The highest BCUT2D eigenvalue weighted by Crippen LogP contribution is 2.29. The fourth-order valence-corrected chi connectivity index (χ4v) is 2.10. The maximum Gasteiger partial charge on any atom is 0.119 e. The van der Waals surface area contributed by atoms with Gasteiger partial charge < -0.3 is 14.8 Å². The second-order valence-corrected chi connectivity index (χ2v) is 5.53. The van der Waals surface area contributed by atoms with Gasteiger partial charge in [0.2, 0.25) is 0 Å². The smallest absolute Gasteiger partial charge is 0.119 e. The van der Waals surface area contributed by atoms with Crippen molar-refractivity contribution in [1.82, 2.24) is 5.32 Å². The topological polar surface area (TPSA) is 30.5 Å². The van der Waals surface area contributed by atoms with E-state index in [-0.39, 0.29) is 17.7 Å². The van der Waals surface area contributed by atoms with Crippen molar-refractivity contribution in [2.24, 2.45) is 0 Å². The average Bonchev–Trinajstić information content (AvgIpc) is 2.36. The predicted molar refractivity (Wildman–Crippen MR) is 79.7 cm³/mol. The Morgan fingerprint density at radius 1 is 1.16 bits per heavy atom. The molecule has 0 saturated carbocycles. The summed E-state index contributed by atoms with van der Waals surface area (Å²) in [6.45, 7) is 11.3. The normalized spacial score (nSPS) is 13.6. The molecule has 0 heterocycles. The van der Waals surface area contributed by atoms with E-state index in [0.717, 1.165) is 12.3 Å². The zero-order chi connectivity index (χ0) is 14.5. The van der Waals surface area contributed by atoms with Crippen LogP contribution in [0.4, 0.5) is 0 Å². The van der Waals surface area contributed by atoms with Crippen LogP contribution < -0.4 is 10.1 Å². The first-order chi connectivity index (χ1) is 8.90. The van der Waals surface area contributed by atoms with Gasteiger partial charge in [-0.15, -0.1) is 0 Å². The largest absolute Gasteiger partial charge is 0.491 e. The quantitative estimate of drug-likeness (QED) is 0.818. The molecule has 3 heteroatoms. The summed E-state index contributed by atoms with van der Waals surface area (Å²) in [6.07, 6.45) is 0.200. The van der Waals surface area contributed by atoms with Crippen molar-refractivity contribution in [2.75, 3.05) is 13.7 Å². The summed E-state index contributed by atoms with van der Waals surface area (Å²) in [4.78, 5) is 0. The minimum Gasteiger partial charge on any atom is -0.491 e. The molecule has 0 fully saturated rings. The van der Waals surface area contributed by atoms with Gasteiger partial charge in [-0.25, -0.2) is 0 Å². The first kappa shape index (κ1) is 16.0. The SMILES string of the molecule is CCNC(c1ccc(OC(C)C)cc1)C(C)(C)OC. The van der Waals surface area contributed by atoms with Crippen LogP contribution in [0.1, 0.15) is 46.2 Å². The molecule has 0 aromatic heterocycles. The molecule has 1 atom stereocenters. The molecule has 0 bridgehead atoms. The number of rotatable bonds is 7. The van der Waals surface area contributed by atoms with Crippen molar-refractivity contribution >= 4 is 0 Å². The summed E-state index contributed by atoms with van der Waals surface area (Å²) >= 11 is 0. The molecular weight excluding hydrogens is 238 g/mol. The van der Waals surface area contributed by atoms with Crippen molar-refractivity contribution in [2.45, 2.75) is 52.4 Å². The molecule has 0 spiro atoms. The third-order valence-corrected chi connectivity index (χ3v) is 3.21. The molecule has 108 valence electrons. The molecule has 0 amide bonds. The molecule has 1 N–H and O–H groups in total. The zero-order valence-electron chi connectivity index (χ0n) is 13.0. The second kappa shape index (κ2) is 6.92.